The van der Waals surface area contributed by atoms with E-state index in [4.69, 9.17) is 5.11 Å². The summed E-state index contributed by atoms with van der Waals surface area (Å²) in [7, 11) is 0. The maximum absolute atomic E-state index is 8.82. The number of aliphatic hydroxyl groups is 1. The van der Waals surface area contributed by atoms with E-state index in [1.54, 1.807) is 0 Å². The van der Waals surface area contributed by atoms with Gasteiger partial charge in [-0.3, -0.25) is 0 Å². The maximum Gasteiger partial charge on any atom is 0.0431 e. The van der Waals surface area contributed by atoms with Gasteiger partial charge in [-0.05, 0) is 81.1 Å². The highest BCUT2D eigenvalue weighted by Crippen LogP contribution is 2.36. The van der Waals surface area contributed by atoms with Crippen LogP contribution in [0.5, 0.6) is 0 Å². The summed E-state index contributed by atoms with van der Waals surface area (Å²) in [6.45, 7) is 2.64. The van der Waals surface area contributed by atoms with Crippen LogP contribution in [0.4, 0.5) is 0 Å². The first kappa shape index (κ1) is 22.9. The molecule has 3 atom stereocenters. The molecule has 1 saturated carbocycles. The average molecular weight is 383 g/mol. The lowest BCUT2D eigenvalue weighted by Gasteiger charge is -2.16. The first-order valence-electron chi connectivity index (χ1n) is 11.8. The van der Waals surface area contributed by atoms with Crippen LogP contribution < -0.4 is 0 Å². The molecule has 28 heavy (non-hydrogen) atoms. The lowest BCUT2D eigenvalue weighted by atomic mass is 9.89. The van der Waals surface area contributed by atoms with Crippen LogP contribution in [0.1, 0.15) is 95.5 Å². The zero-order valence-corrected chi connectivity index (χ0v) is 18.1. The Kier molecular flexibility index (Phi) is 12.0. The van der Waals surface area contributed by atoms with E-state index in [1.165, 1.54) is 69.8 Å². The molecule has 0 aliphatic heterocycles. The van der Waals surface area contributed by atoms with Crippen molar-refractivity contribution in [1.29, 1.82) is 0 Å². The summed E-state index contributed by atoms with van der Waals surface area (Å²) in [5.41, 5.74) is 1.51. The molecule has 0 amide bonds. The summed E-state index contributed by atoms with van der Waals surface area (Å²) in [4.78, 5) is 0. The van der Waals surface area contributed by atoms with Gasteiger partial charge in [-0.15, -0.1) is 0 Å². The van der Waals surface area contributed by atoms with Crippen LogP contribution in [-0.4, -0.2) is 11.7 Å². The molecule has 1 heteroatoms. The molecule has 2 rings (SSSR count). The molecule has 1 aliphatic rings. The number of allylic oxidation sites excluding steroid dienone is 4. The van der Waals surface area contributed by atoms with Gasteiger partial charge >= 0.3 is 0 Å². The van der Waals surface area contributed by atoms with Crippen molar-refractivity contribution in [2.24, 2.45) is 11.8 Å². The van der Waals surface area contributed by atoms with Crippen LogP contribution in [0.25, 0.3) is 0 Å². The van der Waals surface area contributed by atoms with E-state index >= 15 is 0 Å². The topological polar surface area (TPSA) is 20.2 Å². The van der Waals surface area contributed by atoms with E-state index in [2.05, 4.69) is 61.6 Å². The Morgan fingerprint density at radius 2 is 1.82 bits per heavy atom. The van der Waals surface area contributed by atoms with Gasteiger partial charge in [0.1, 0.15) is 0 Å². The second kappa shape index (κ2) is 14.6. The molecule has 1 unspecified atom stereocenters. The van der Waals surface area contributed by atoms with Crippen LogP contribution in [-0.2, 0) is 0 Å². The first-order valence-corrected chi connectivity index (χ1v) is 11.8. The van der Waals surface area contributed by atoms with E-state index in [1.807, 2.05) is 0 Å². The van der Waals surface area contributed by atoms with Crippen molar-refractivity contribution >= 4 is 0 Å². The predicted octanol–water partition coefficient (Wildman–Crippen LogP) is 7.82. The van der Waals surface area contributed by atoms with Crippen LogP contribution in [0.2, 0.25) is 0 Å². The van der Waals surface area contributed by atoms with Gasteiger partial charge in [0.25, 0.3) is 0 Å². The number of aliphatic hydroxyl groups excluding tert-OH is 1. The maximum atomic E-state index is 8.82. The van der Waals surface area contributed by atoms with Gasteiger partial charge in [0.15, 0.2) is 0 Å². The third-order valence-electron chi connectivity index (χ3n) is 6.33. The second-order valence-corrected chi connectivity index (χ2v) is 8.54. The van der Waals surface area contributed by atoms with Gasteiger partial charge in [0.05, 0.1) is 0 Å². The highest BCUT2D eigenvalue weighted by molar-refractivity contribution is 5.19. The smallest absolute Gasteiger partial charge is 0.0431 e. The summed E-state index contributed by atoms with van der Waals surface area (Å²) in [5.74, 6) is 2.36. The Labute approximate surface area is 174 Å². The fourth-order valence-electron chi connectivity index (χ4n) is 4.67. The van der Waals surface area contributed by atoms with Crippen LogP contribution in [0.3, 0.4) is 0 Å². The summed E-state index contributed by atoms with van der Waals surface area (Å²) >= 11 is 0. The van der Waals surface area contributed by atoms with Crippen LogP contribution >= 0.6 is 0 Å². The lowest BCUT2D eigenvalue weighted by molar-refractivity contribution is 0.283. The van der Waals surface area contributed by atoms with Crippen molar-refractivity contribution in [3.8, 4) is 0 Å². The van der Waals surface area contributed by atoms with Gasteiger partial charge in [-0.1, -0.05) is 80.8 Å². The molecule has 0 radical (unpaired) electrons. The van der Waals surface area contributed by atoms with Crippen molar-refractivity contribution in [2.45, 2.75) is 89.9 Å². The molecular weight excluding hydrogens is 340 g/mol. The predicted molar refractivity (Wildman–Crippen MR) is 123 cm³/mol. The summed E-state index contributed by atoms with van der Waals surface area (Å²) in [6.07, 6.45) is 24.8. The van der Waals surface area contributed by atoms with Crippen molar-refractivity contribution in [3.63, 3.8) is 0 Å². The summed E-state index contributed by atoms with van der Waals surface area (Å²) < 4.78 is 0. The Balaban J connectivity index is 1.70. The molecule has 1 fully saturated rings. The number of hydrogen-bond acceptors (Lipinski definition) is 1. The van der Waals surface area contributed by atoms with Crippen molar-refractivity contribution in [3.05, 3.63) is 60.2 Å². The molecule has 1 aromatic rings. The van der Waals surface area contributed by atoms with Crippen molar-refractivity contribution < 1.29 is 5.11 Å². The second-order valence-electron chi connectivity index (χ2n) is 8.54. The standard InChI is InChI=1S/C27H42O/c1-2-15-24(25-17-9-7-10-18-25)19-11-12-20-27-22-14-21-26(27)16-8-5-3-4-6-13-23-28/h5,7-10,12,17-18,20,24,26-28H,2-4,6,11,13-16,19,21-23H2,1H3/t24?,26-,27-/m0/s1. The third-order valence-corrected chi connectivity index (χ3v) is 6.33. The zero-order chi connectivity index (χ0) is 19.9. The molecule has 0 spiro atoms. The normalized spacial score (nSPS) is 21.1. The number of benzene rings is 1. The van der Waals surface area contributed by atoms with Gasteiger partial charge < -0.3 is 5.11 Å². The third kappa shape index (κ3) is 8.78. The van der Waals surface area contributed by atoms with Crippen molar-refractivity contribution in [2.75, 3.05) is 6.61 Å². The number of rotatable bonds is 14. The molecule has 0 bridgehead atoms. The van der Waals surface area contributed by atoms with Crippen LogP contribution in [0.15, 0.2) is 54.6 Å². The average Bonchev–Trinajstić information content (AvgIpc) is 3.17. The molecular formula is C27H42O. The molecule has 0 saturated heterocycles. The molecule has 1 aliphatic carbocycles. The Morgan fingerprint density at radius 1 is 0.964 bits per heavy atom. The van der Waals surface area contributed by atoms with E-state index in [-0.39, 0.29) is 0 Å². The molecule has 0 heterocycles. The lowest BCUT2D eigenvalue weighted by Crippen LogP contribution is -2.04. The molecule has 156 valence electrons. The monoisotopic (exact) mass is 382 g/mol. The Bertz CT molecular complexity index is 545. The number of hydrogen-bond donors (Lipinski definition) is 1. The molecule has 1 N–H and O–H groups in total. The van der Waals surface area contributed by atoms with E-state index < -0.39 is 0 Å². The fourth-order valence-corrected chi connectivity index (χ4v) is 4.67. The zero-order valence-electron chi connectivity index (χ0n) is 18.1. The molecule has 1 aromatic carbocycles. The Morgan fingerprint density at radius 3 is 2.61 bits per heavy atom. The van der Waals surface area contributed by atoms with Gasteiger partial charge in [-0.2, -0.15) is 0 Å². The highest BCUT2D eigenvalue weighted by Gasteiger charge is 2.23. The van der Waals surface area contributed by atoms with E-state index in [9.17, 15) is 0 Å². The quantitative estimate of drug-likeness (QED) is 0.257. The SMILES string of the molecule is CCCC(CCC=C[C@H]1CCC[C@@H]1CC=CCCCCCO)c1ccccc1. The highest BCUT2D eigenvalue weighted by atomic mass is 16.2. The van der Waals surface area contributed by atoms with Gasteiger partial charge in [0.2, 0.25) is 0 Å². The van der Waals surface area contributed by atoms with Gasteiger partial charge in [-0.25, -0.2) is 0 Å². The fraction of sp³-hybridized carbons (Fsp3) is 0.630. The minimum atomic E-state index is 0.338. The van der Waals surface area contributed by atoms with Crippen LogP contribution in [0, 0.1) is 11.8 Å². The largest absolute Gasteiger partial charge is 0.396 e. The minimum absolute atomic E-state index is 0.338. The Hall–Kier alpha value is -1.34. The van der Waals surface area contributed by atoms with Crippen molar-refractivity contribution in [1.82, 2.24) is 0 Å². The van der Waals surface area contributed by atoms with E-state index in [0.29, 0.717) is 12.5 Å². The molecule has 1 nitrogen and oxygen atoms in total. The van der Waals surface area contributed by atoms with Gasteiger partial charge in [0, 0.05) is 6.61 Å². The first-order chi connectivity index (χ1) is 13.8. The molecule has 0 aromatic heterocycles. The van der Waals surface area contributed by atoms with E-state index in [0.717, 1.165) is 24.7 Å². The summed E-state index contributed by atoms with van der Waals surface area (Å²) in [6, 6.07) is 11.1. The summed E-state index contributed by atoms with van der Waals surface area (Å²) in [5, 5.41) is 8.82. The number of unbranched alkanes of at least 4 members (excludes halogenated alkanes) is 3. The minimum Gasteiger partial charge on any atom is -0.396 e.